The van der Waals surface area contributed by atoms with Gasteiger partial charge in [-0.1, -0.05) is 0 Å². The molecule has 0 unspecified atom stereocenters. The quantitative estimate of drug-likeness (QED) is 0.760. The van der Waals surface area contributed by atoms with Crippen LogP contribution in [0.15, 0.2) is 18.2 Å². The Morgan fingerprint density at radius 2 is 2.20 bits per heavy atom. The van der Waals surface area contributed by atoms with Crippen molar-refractivity contribution in [2.75, 3.05) is 13.7 Å². The van der Waals surface area contributed by atoms with Gasteiger partial charge >= 0.3 is 5.97 Å². The van der Waals surface area contributed by atoms with Crippen LogP contribution >= 0.6 is 0 Å². The minimum absolute atomic E-state index is 0.283. The Kier molecular flexibility index (Phi) is 4.12. The second-order valence-electron chi connectivity index (χ2n) is 2.95. The first-order valence-electron chi connectivity index (χ1n) is 4.77. The van der Waals surface area contributed by atoms with Crippen LogP contribution in [0.2, 0.25) is 0 Å². The summed E-state index contributed by atoms with van der Waals surface area (Å²) in [5.74, 6) is 0.337. The average molecular weight is 209 g/mol. The molecule has 0 amide bonds. The monoisotopic (exact) mass is 209 g/mol. The smallest absolute Gasteiger partial charge is 0.338 e. The summed E-state index contributed by atoms with van der Waals surface area (Å²) in [4.78, 5) is 11.3. The molecule has 0 fully saturated rings. The fourth-order valence-corrected chi connectivity index (χ4v) is 1.30. The van der Waals surface area contributed by atoms with Gasteiger partial charge < -0.3 is 15.2 Å². The van der Waals surface area contributed by atoms with Gasteiger partial charge in [0, 0.05) is 6.54 Å². The average Bonchev–Trinajstić information content (AvgIpc) is 2.28. The molecule has 0 aromatic heterocycles. The summed E-state index contributed by atoms with van der Waals surface area (Å²) in [6.07, 6.45) is 0. The fraction of sp³-hybridized carbons (Fsp3) is 0.364. The van der Waals surface area contributed by atoms with Crippen molar-refractivity contribution in [2.24, 2.45) is 5.73 Å². The Morgan fingerprint density at radius 1 is 1.47 bits per heavy atom. The lowest BCUT2D eigenvalue weighted by molar-refractivity contribution is 0.0599. The minimum atomic E-state index is -0.376. The van der Waals surface area contributed by atoms with Crippen molar-refractivity contribution in [3.63, 3.8) is 0 Å². The van der Waals surface area contributed by atoms with Crippen LogP contribution < -0.4 is 10.5 Å². The van der Waals surface area contributed by atoms with Gasteiger partial charge in [0.25, 0.3) is 0 Å². The van der Waals surface area contributed by atoms with Crippen molar-refractivity contribution < 1.29 is 14.3 Å². The molecule has 4 nitrogen and oxygen atoms in total. The minimum Gasteiger partial charge on any atom is -0.494 e. The van der Waals surface area contributed by atoms with Gasteiger partial charge in [-0.05, 0) is 30.7 Å². The molecule has 0 spiro atoms. The van der Waals surface area contributed by atoms with Gasteiger partial charge in [0.15, 0.2) is 0 Å². The van der Waals surface area contributed by atoms with E-state index < -0.39 is 0 Å². The van der Waals surface area contributed by atoms with Crippen LogP contribution in [-0.2, 0) is 11.3 Å². The summed E-state index contributed by atoms with van der Waals surface area (Å²) in [6.45, 7) is 2.77. The van der Waals surface area contributed by atoms with E-state index in [1.54, 1.807) is 18.2 Å². The molecule has 0 aliphatic rings. The van der Waals surface area contributed by atoms with Crippen LogP contribution in [0.25, 0.3) is 0 Å². The van der Waals surface area contributed by atoms with Crippen LogP contribution in [0.3, 0.4) is 0 Å². The van der Waals surface area contributed by atoms with Gasteiger partial charge in [-0.25, -0.2) is 4.79 Å². The maximum absolute atomic E-state index is 11.3. The third kappa shape index (κ3) is 2.70. The van der Waals surface area contributed by atoms with Gasteiger partial charge in [-0.3, -0.25) is 0 Å². The number of carbonyl (C=O) groups excluding carboxylic acids is 1. The lowest BCUT2D eigenvalue weighted by atomic mass is 10.1. The first kappa shape index (κ1) is 11.5. The van der Waals surface area contributed by atoms with E-state index in [1.165, 1.54) is 7.11 Å². The highest BCUT2D eigenvalue weighted by Crippen LogP contribution is 2.18. The highest BCUT2D eigenvalue weighted by molar-refractivity contribution is 5.91. The Balaban J connectivity index is 3.03. The molecule has 1 aromatic rings. The third-order valence-electron chi connectivity index (χ3n) is 2.01. The number of hydrogen-bond donors (Lipinski definition) is 1. The molecule has 0 bridgehead atoms. The Labute approximate surface area is 89.0 Å². The van der Waals surface area contributed by atoms with Gasteiger partial charge in [-0.2, -0.15) is 0 Å². The lowest BCUT2D eigenvalue weighted by Crippen LogP contribution is -2.09. The number of methoxy groups -OCH3 is 1. The van der Waals surface area contributed by atoms with Gasteiger partial charge in [0.1, 0.15) is 5.75 Å². The van der Waals surface area contributed by atoms with Crippen LogP contribution in [0.4, 0.5) is 0 Å². The van der Waals surface area contributed by atoms with E-state index in [4.69, 9.17) is 10.5 Å². The molecule has 4 heteroatoms. The van der Waals surface area contributed by atoms with Crippen LogP contribution in [0, 0.1) is 0 Å². The van der Waals surface area contributed by atoms with Crippen LogP contribution in [0.5, 0.6) is 5.75 Å². The topological polar surface area (TPSA) is 61.5 Å². The van der Waals surface area contributed by atoms with E-state index in [0.717, 1.165) is 5.56 Å². The first-order chi connectivity index (χ1) is 7.22. The summed E-state index contributed by atoms with van der Waals surface area (Å²) in [7, 11) is 1.35. The molecular formula is C11H15NO3. The highest BCUT2D eigenvalue weighted by Gasteiger charge is 2.11. The van der Waals surface area contributed by atoms with E-state index in [0.29, 0.717) is 17.9 Å². The number of ether oxygens (including phenoxy) is 2. The summed E-state index contributed by atoms with van der Waals surface area (Å²) in [5.41, 5.74) is 6.76. The maximum Gasteiger partial charge on any atom is 0.338 e. The molecule has 0 saturated heterocycles. The summed E-state index contributed by atoms with van der Waals surface area (Å²) in [6, 6.07) is 5.16. The SMILES string of the molecule is CCOc1ccc(C(=O)OC)c(CN)c1. The van der Waals surface area contributed by atoms with Crippen LogP contribution in [-0.4, -0.2) is 19.7 Å². The summed E-state index contributed by atoms with van der Waals surface area (Å²) >= 11 is 0. The number of benzene rings is 1. The van der Waals surface area contributed by atoms with Crippen LogP contribution in [0.1, 0.15) is 22.8 Å². The van der Waals surface area contributed by atoms with E-state index in [-0.39, 0.29) is 12.5 Å². The van der Waals surface area contributed by atoms with Crippen molar-refractivity contribution >= 4 is 5.97 Å². The second-order valence-corrected chi connectivity index (χ2v) is 2.95. The zero-order valence-electron chi connectivity index (χ0n) is 8.95. The molecule has 82 valence electrons. The molecular weight excluding hydrogens is 194 g/mol. The van der Waals surface area contributed by atoms with Crippen molar-refractivity contribution in [1.29, 1.82) is 0 Å². The molecule has 0 saturated carbocycles. The van der Waals surface area contributed by atoms with E-state index in [2.05, 4.69) is 4.74 Å². The Hall–Kier alpha value is -1.55. The molecule has 1 aromatic carbocycles. The number of carbonyl (C=O) groups is 1. The fourth-order valence-electron chi connectivity index (χ4n) is 1.30. The number of hydrogen-bond acceptors (Lipinski definition) is 4. The molecule has 2 N–H and O–H groups in total. The van der Waals surface area contributed by atoms with Crippen molar-refractivity contribution in [2.45, 2.75) is 13.5 Å². The highest BCUT2D eigenvalue weighted by atomic mass is 16.5. The number of nitrogens with two attached hydrogens (primary N) is 1. The molecule has 0 aliphatic heterocycles. The maximum atomic E-state index is 11.3. The van der Waals surface area contributed by atoms with E-state index in [1.807, 2.05) is 6.92 Å². The predicted molar refractivity (Wildman–Crippen MR) is 56.8 cm³/mol. The largest absolute Gasteiger partial charge is 0.494 e. The summed E-state index contributed by atoms with van der Waals surface area (Å²) in [5, 5.41) is 0. The van der Waals surface area contributed by atoms with Crippen molar-refractivity contribution in [3.05, 3.63) is 29.3 Å². The normalized spacial score (nSPS) is 9.80. The number of rotatable bonds is 4. The van der Waals surface area contributed by atoms with E-state index in [9.17, 15) is 4.79 Å². The molecule has 0 aliphatic carbocycles. The molecule has 0 radical (unpaired) electrons. The van der Waals surface area contributed by atoms with Crippen molar-refractivity contribution in [3.8, 4) is 5.75 Å². The van der Waals surface area contributed by atoms with Gasteiger partial charge in [0.2, 0.25) is 0 Å². The van der Waals surface area contributed by atoms with Crippen molar-refractivity contribution in [1.82, 2.24) is 0 Å². The molecule has 0 heterocycles. The Bertz CT molecular complexity index is 350. The van der Waals surface area contributed by atoms with Gasteiger partial charge in [-0.15, -0.1) is 0 Å². The zero-order chi connectivity index (χ0) is 11.3. The lowest BCUT2D eigenvalue weighted by Gasteiger charge is -2.08. The molecule has 1 rings (SSSR count). The van der Waals surface area contributed by atoms with Gasteiger partial charge in [0.05, 0.1) is 19.3 Å². The number of esters is 1. The third-order valence-corrected chi connectivity index (χ3v) is 2.01. The molecule has 15 heavy (non-hydrogen) atoms. The zero-order valence-corrected chi connectivity index (χ0v) is 8.95. The summed E-state index contributed by atoms with van der Waals surface area (Å²) < 4.78 is 9.95. The first-order valence-corrected chi connectivity index (χ1v) is 4.77. The standard InChI is InChI=1S/C11H15NO3/c1-3-15-9-4-5-10(11(13)14-2)8(6-9)7-12/h4-6H,3,7,12H2,1-2H3. The predicted octanol–water partition coefficient (Wildman–Crippen LogP) is 1.33. The van der Waals surface area contributed by atoms with E-state index >= 15 is 0 Å². The molecule has 0 atom stereocenters. The Morgan fingerprint density at radius 3 is 2.73 bits per heavy atom. The second kappa shape index (κ2) is 5.36.